The van der Waals surface area contributed by atoms with E-state index in [0.717, 1.165) is 32.5 Å². The molecule has 0 aromatic rings. The number of hydrogen-bond donors (Lipinski definition) is 1. The van der Waals surface area contributed by atoms with Gasteiger partial charge in [-0.3, -0.25) is 0 Å². The summed E-state index contributed by atoms with van der Waals surface area (Å²) in [5.74, 6) is 0.306. The van der Waals surface area contributed by atoms with Crippen LogP contribution in [-0.2, 0) is 19.5 Å². The van der Waals surface area contributed by atoms with E-state index in [-0.39, 0.29) is 6.10 Å². The summed E-state index contributed by atoms with van der Waals surface area (Å²) in [6, 6.07) is 0. The van der Waals surface area contributed by atoms with Crippen LogP contribution in [0.3, 0.4) is 0 Å². The minimum absolute atomic E-state index is 0.128. The molecule has 2 saturated heterocycles. The van der Waals surface area contributed by atoms with Crippen LogP contribution in [0.25, 0.3) is 0 Å². The third kappa shape index (κ3) is 5.00. The Hall–Kier alpha value is -0.210. The van der Waals surface area contributed by atoms with Crippen LogP contribution < -0.4 is 5.32 Å². The predicted octanol–water partition coefficient (Wildman–Crippen LogP) is -0.337. The number of nitrogens with one attached hydrogen (secondary N) is 1. The lowest BCUT2D eigenvalue weighted by atomic mass is 10.0. The molecule has 2 fully saturated rings. The van der Waals surface area contributed by atoms with Crippen LogP contribution in [0.2, 0.25) is 0 Å². The zero-order valence-corrected chi connectivity index (χ0v) is 12.3. The van der Waals surface area contributed by atoms with E-state index in [4.69, 9.17) is 9.47 Å². The molecule has 0 aromatic heterocycles. The largest absolute Gasteiger partial charge is 0.378 e. The average molecular weight is 292 g/mol. The fourth-order valence-electron chi connectivity index (χ4n) is 2.56. The Labute approximate surface area is 115 Å². The van der Waals surface area contributed by atoms with Crippen molar-refractivity contribution < 1.29 is 17.9 Å². The first-order valence-corrected chi connectivity index (χ1v) is 8.75. The fraction of sp³-hybridized carbons (Fsp3) is 1.00. The highest BCUT2D eigenvalue weighted by Crippen LogP contribution is 2.19. The highest BCUT2D eigenvalue weighted by atomic mass is 32.2. The Balaban J connectivity index is 1.67. The third-order valence-electron chi connectivity index (χ3n) is 3.61. The third-order valence-corrected chi connectivity index (χ3v) is 4.88. The molecule has 0 spiro atoms. The molecule has 2 rings (SSSR count). The Bertz CT molecular complexity index is 368. The molecule has 2 aliphatic heterocycles. The van der Waals surface area contributed by atoms with Crippen LogP contribution in [0.5, 0.6) is 0 Å². The van der Waals surface area contributed by atoms with Gasteiger partial charge >= 0.3 is 0 Å². The van der Waals surface area contributed by atoms with Gasteiger partial charge in [0.25, 0.3) is 0 Å². The highest BCUT2D eigenvalue weighted by Gasteiger charge is 2.26. The van der Waals surface area contributed by atoms with Crippen molar-refractivity contribution in [2.24, 2.45) is 5.92 Å². The molecule has 19 heavy (non-hydrogen) atoms. The van der Waals surface area contributed by atoms with Gasteiger partial charge in [-0.1, -0.05) is 0 Å². The SMILES string of the molecule is CS(=O)(=O)N1CCCC(COCC2CNCCO2)C1. The molecule has 0 aliphatic carbocycles. The summed E-state index contributed by atoms with van der Waals surface area (Å²) in [5.41, 5.74) is 0. The summed E-state index contributed by atoms with van der Waals surface area (Å²) in [6.07, 6.45) is 3.36. The topological polar surface area (TPSA) is 67.9 Å². The zero-order chi connectivity index (χ0) is 13.7. The van der Waals surface area contributed by atoms with Gasteiger partial charge in [-0.05, 0) is 18.8 Å². The molecule has 0 aromatic carbocycles. The number of morpholine rings is 1. The van der Waals surface area contributed by atoms with Gasteiger partial charge in [-0.2, -0.15) is 0 Å². The van der Waals surface area contributed by atoms with Crippen LogP contribution in [0.1, 0.15) is 12.8 Å². The van der Waals surface area contributed by atoms with Crippen molar-refractivity contribution in [2.45, 2.75) is 18.9 Å². The van der Waals surface area contributed by atoms with Crippen molar-refractivity contribution in [3.8, 4) is 0 Å². The molecule has 1 N–H and O–H groups in total. The summed E-state index contributed by atoms with van der Waals surface area (Å²) in [7, 11) is -3.06. The lowest BCUT2D eigenvalue weighted by Crippen LogP contribution is -2.42. The van der Waals surface area contributed by atoms with Gasteiger partial charge < -0.3 is 14.8 Å². The molecule has 0 amide bonds. The second-order valence-electron chi connectivity index (χ2n) is 5.36. The Kier molecular flexibility index (Phi) is 5.58. The Morgan fingerprint density at radius 3 is 2.95 bits per heavy atom. The first-order chi connectivity index (χ1) is 9.05. The Morgan fingerprint density at radius 2 is 2.26 bits per heavy atom. The molecule has 6 nitrogen and oxygen atoms in total. The van der Waals surface area contributed by atoms with Gasteiger partial charge in [0.2, 0.25) is 10.0 Å². The lowest BCUT2D eigenvalue weighted by molar-refractivity contribution is -0.0410. The summed E-state index contributed by atoms with van der Waals surface area (Å²) in [4.78, 5) is 0. The lowest BCUT2D eigenvalue weighted by Gasteiger charge is -2.31. The van der Waals surface area contributed by atoms with Crippen molar-refractivity contribution >= 4 is 10.0 Å². The number of piperidine rings is 1. The van der Waals surface area contributed by atoms with E-state index in [1.165, 1.54) is 6.26 Å². The first kappa shape index (κ1) is 15.2. The van der Waals surface area contributed by atoms with E-state index in [1.807, 2.05) is 0 Å². The molecule has 0 saturated carbocycles. The maximum Gasteiger partial charge on any atom is 0.211 e. The smallest absolute Gasteiger partial charge is 0.211 e. The summed E-state index contributed by atoms with van der Waals surface area (Å²) in [6.45, 7) is 4.91. The highest BCUT2D eigenvalue weighted by molar-refractivity contribution is 7.88. The van der Waals surface area contributed by atoms with Gasteiger partial charge in [0.05, 0.1) is 32.2 Å². The maximum atomic E-state index is 11.5. The van der Waals surface area contributed by atoms with Crippen LogP contribution >= 0.6 is 0 Å². The molecular weight excluding hydrogens is 268 g/mol. The van der Waals surface area contributed by atoms with Crippen LogP contribution in [0, 0.1) is 5.92 Å². The van der Waals surface area contributed by atoms with E-state index in [0.29, 0.717) is 32.2 Å². The van der Waals surface area contributed by atoms with Crippen LogP contribution in [-0.4, -0.2) is 71.1 Å². The fourth-order valence-corrected chi connectivity index (χ4v) is 3.50. The van der Waals surface area contributed by atoms with Crippen LogP contribution in [0.4, 0.5) is 0 Å². The second kappa shape index (κ2) is 6.99. The summed E-state index contributed by atoms with van der Waals surface area (Å²) >= 11 is 0. The van der Waals surface area contributed by atoms with Gasteiger partial charge in [0.15, 0.2) is 0 Å². The van der Waals surface area contributed by atoms with Crippen molar-refractivity contribution in [1.82, 2.24) is 9.62 Å². The first-order valence-electron chi connectivity index (χ1n) is 6.91. The predicted molar refractivity (Wildman–Crippen MR) is 72.6 cm³/mol. The van der Waals surface area contributed by atoms with Crippen molar-refractivity contribution in [3.05, 3.63) is 0 Å². The summed E-state index contributed by atoms with van der Waals surface area (Å²) < 4.78 is 35.8. The minimum atomic E-state index is -3.06. The quantitative estimate of drug-likeness (QED) is 0.751. The zero-order valence-electron chi connectivity index (χ0n) is 11.5. The standard InChI is InChI=1S/C12H24N2O4S/c1-19(15,16)14-5-2-3-11(8-14)9-17-10-12-7-13-4-6-18-12/h11-13H,2-10H2,1H3. The molecule has 0 radical (unpaired) electrons. The minimum Gasteiger partial charge on any atom is -0.378 e. The molecular formula is C12H24N2O4S. The van der Waals surface area contributed by atoms with E-state index in [2.05, 4.69) is 5.32 Å². The van der Waals surface area contributed by atoms with E-state index in [1.54, 1.807) is 4.31 Å². The van der Waals surface area contributed by atoms with Gasteiger partial charge in [0, 0.05) is 26.2 Å². The van der Waals surface area contributed by atoms with Crippen molar-refractivity contribution in [2.75, 3.05) is 52.3 Å². The monoisotopic (exact) mass is 292 g/mol. The number of sulfonamides is 1. The second-order valence-corrected chi connectivity index (χ2v) is 7.35. The van der Waals surface area contributed by atoms with E-state index < -0.39 is 10.0 Å². The number of ether oxygens (including phenoxy) is 2. The number of nitrogens with zero attached hydrogens (tertiary/aromatic N) is 1. The van der Waals surface area contributed by atoms with Crippen LogP contribution in [0.15, 0.2) is 0 Å². The molecule has 2 heterocycles. The van der Waals surface area contributed by atoms with E-state index >= 15 is 0 Å². The molecule has 2 atom stereocenters. The normalized spacial score (nSPS) is 30.4. The summed E-state index contributed by atoms with van der Waals surface area (Å²) in [5, 5.41) is 3.26. The average Bonchev–Trinajstić information content (AvgIpc) is 2.39. The van der Waals surface area contributed by atoms with Crippen molar-refractivity contribution in [3.63, 3.8) is 0 Å². The van der Waals surface area contributed by atoms with Gasteiger partial charge in [0.1, 0.15) is 0 Å². The number of rotatable bonds is 5. The maximum absolute atomic E-state index is 11.5. The number of hydrogen-bond acceptors (Lipinski definition) is 5. The molecule has 112 valence electrons. The molecule has 7 heteroatoms. The van der Waals surface area contributed by atoms with E-state index in [9.17, 15) is 8.42 Å². The van der Waals surface area contributed by atoms with Crippen molar-refractivity contribution in [1.29, 1.82) is 0 Å². The molecule has 2 aliphatic rings. The van der Waals surface area contributed by atoms with Gasteiger partial charge in [-0.25, -0.2) is 12.7 Å². The molecule has 2 unspecified atom stereocenters. The van der Waals surface area contributed by atoms with Gasteiger partial charge in [-0.15, -0.1) is 0 Å². The Morgan fingerprint density at radius 1 is 1.42 bits per heavy atom. The molecule has 0 bridgehead atoms.